The van der Waals surface area contributed by atoms with E-state index >= 15 is 0 Å². The molecule has 2 rings (SSSR count). The van der Waals surface area contributed by atoms with E-state index in [1.54, 1.807) is 11.8 Å². The van der Waals surface area contributed by atoms with E-state index in [1.807, 2.05) is 43.5 Å². The summed E-state index contributed by atoms with van der Waals surface area (Å²) in [6, 6.07) is 13.0. The van der Waals surface area contributed by atoms with Crippen LogP contribution in [0, 0.1) is 0 Å². The number of amides is 1. The number of hydrogen-bond acceptors (Lipinski definition) is 4. The number of sulfonamides is 1. The van der Waals surface area contributed by atoms with Crippen molar-refractivity contribution >= 4 is 50.9 Å². The van der Waals surface area contributed by atoms with Crippen LogP contribution in [-0.4, -0.2) is 38.9 Å². The molecule has 0 saturated heterocycles. The van der Waals surface area contributed by atoms with Crippen LogP contribution in [0.1, 0.15) is 24.8 Å². The minimum Gasteiger partial charge on any atom is -0.354 e. The zero-order valence-corrected chi connectivity index (χ0v) is 19.3. The predicted octanol–water partition coefficient (Wildman–Crippen LogP) is 4.31. The molecule has 0 aromatic heterocycles. The fourth-order valence-corrected chi connectivity index (χ4v) is 4.74. The van der Waals surface area contributed by atoms with Gasteiger partial charge in [-0.3, -0.25) is 4.79 Å². The second-order valence-electron chi connectivity index (χ2n) is 6.59. The summed E-state index contributed by atoms with van der Waals surface area (Å²) in [6.45, 7) is 2.42. The molecule has 2 aromatic carbocycles. The number of benzene rings is 2. The SMILES string of the molecule is CSCC[C@@H](NS(=O)(=O)c1ccc(Cl)c(Cl)c1)C(=O)NC[C@H](C)c1ccccc1. The van der Waals surface area contributed by atoms with Crippen LogP contribution in [0.5, 0.6) is 0 Å². The van der Waals surface area contributed by atoms with E-state index in [0.29, 0.717) is 18.7 Å². The lowest BCUT2D eigenvalue weighted by molar-refractivity contribution is -0.122. The summed E-state index contributed by atoms with van der Waals surface area (Å²) in [4.78, 5) is 12.7. The first-order valence-corrected chi connectivity index (χ1v) is 12.7. The highest BCUT2D eigenvalue weighted by Crippen LogP contribution is 2.25. The molecule has 5 nitrogen and oxygen atoms in total. The van der Waals surface area contributed by atoms with Gasteiger partial charge in [0, 0.05) is 6.54 Å². The average Bonchev–Trinajstić information content (AvgIpc) is 2.71. The molecule has 0 saturated carbocycles. The Labute approximate surface area is 186 Å². The maximum absolute atomic E-state index is 12.7. The topological polar surface area (TPSA) is 75.3 Å². The zero-order valence-electron chi connectivity index (χ0n) is 16.2. The van der Waals surface area contributed by atoms with Crippen molar-refractivity contribution in [2.24, 2.45) is 0 Å². The van der Waals surface area contributed by atoms with Crippen molar-refractivity contribution in [3.05, 3.63) is 64.1 Å². The maximum atomic E-state index is 12.7. The van der Waals surface area contributed by atoms with E-state index in [4.69, 9.17) is 23.2 Å². The summed E-state index contributed by atoms with van der Waals surface area (Å²) in [5, 5.41) is 3.26. The minimum absolute atomic E-state index is 0.0356. The molecule has 0 spiro atoms. The Bertz CT molecular complexity index is 925. The lowest BCUT2D eigenvalue weighted by Gasteiger charge is -2.20. The van der Waals surface area contributed by atoms with Gasteiger partial charge in [0.2, 0.25) is 15.9 Å². The minimum atomic E-state index is -3.93. The molecule has 0 aliphatic rings. The van der Waals surface area contributed by atoms with Crippen LogP contribution >= 0.6 is 35.0 Å². The van der Waals surface area contributed by atoms with E-state index in [9.17, 15) is 13.2 Å². The molecule has 0 radical (unpaired) electrons. The van der Waals surface area contributed by atoms with Crippen molar-refractivity contribution in [1.29, 1.82) is 0 Å². The molecule has 2 N–H and O–H groups in total. The summed E-state index contributed by atoms with van der Waals surface area (Å²) < 4.78 is 28.0. The third-order valence-corrected chi connectivity index (χ3v) is 7.23. The van der Waals surface area contributed by atoms with Gasteiger partial charge in [-0.25, -0.2) is 8.42 Å². The van der Waals surface area contributed by atoms with Crippen LogP contribution in [0.15, 0.2) is 53.4 Å². The third kappa shape index (κ3) is 7.19. The first kappa shape index (κ1) is 24.0. The van der Waals surface area contributed by atoms with Gasteiger partial charge in [-0.15, -0.1) is 0 Å². The Kier molecular flexibility index (Phi) is 9.30. The summed E-state index contributed by atoms with van der Waals surface area (Å²) in [6.07, 6.45) is 2.27. The van der Waals surface area contributed by atoms with Gasteiger partial charge in [0.15, 0.2) is 0 Å². The normalized spacial score (nSPS) is 13.7. The quantitative estimate of drug-likeness (QED) is 0.537. The summed E-state index contributed by atoms with van der Waals surface area (Å²) in [5.41, 5.74) is 1.10. The van der Waals surface area contributed by atoms with Crippen LogP contribution < -0.4 is 10.0 Å². The van der Waals surface area contributed by atoms with Crippen molar-refractivity contribution in [2.75, 3.05) is 18.6 Å². The van der Waals surface area contributed by atoms with E-state index in [-0.39, 0.29) is 26.8 Å². The van der Waals surface area contributed by atoms with Gasteiger partial charge >= 0.3 is 0 Å². The lowest BCUT2D eigenvalue weighted by Crippen LogP contribution is -2.47. The van der Waals surface area contributed by atoms with Gasteiger partial charge < -0.3 is 5.32 Å². The molecular formula is C20H24Cl2N2O3S2. The number of nitrogens with one attached hydrogen (secondary N) is 2. The highest BCUT2D eigenvalue weighted by atomic mass is 35.5. The Morgan fingerprint density at radius 1 is 1.10 bits per heavy atom. The second-order valence-corrected chi connectivity index (χ2v) is 10.1. The van der Waals surface area contributed by atoms with Crippen LogP contribution in [0.25, 0.3) is 0 Å². The molecule has 2 atom stereocenters. The van der Waals surface area contributed by atoms with Crippen molar-refractivity contribution in [2.45, 2.75) is 30.2 Å². The third-order valence-electron chi connectivity index (χ3n) is 4.38. The van der Waals surface area contributed by atoms with Gasteiger partial charge in [0.05, 0.1) is 14.9 Å². The molecule has 29 heavy (non-hydrogen) atoms. The van der Waals surface area contributed by atoms with Crippen molar-refractivity contribution in [3.8, 4) is 0 Å². The van der Waals surface area contributed by atoms with E-state index < -0.39 is 16.1 Å². The maximum Gasteiger partial charge on any atom is 0.241 e. The van der Waals surface area contributed by atoms with Gasteiger partial charge in [-0.05, 0) is 48.1 Å². The smallest absolute Gasteiger partial charge is 0.241 e. The molecular weight excluding hydrogens is 451 g/mol. The summed E-state index contributed by atoms with van der Waals surface area (Å²) in [7, 11) is -3.93. The van der Waals surface area contributed by atoms with Crippen LogP contribution in [0.4, 0.5) is 0 Å². The summed E-state index contributed by atoms with van der Waals surface area (Å²) in [5.74, 6) is 0.384. The number of carbonyl (C=O) groups is 1. The standard InChI is InChI=1S/C20H24Cl2N2O3S2/c1-14(15-6-4-3-5-7-15)13-23-20(25)19(10-11-28-2)24-29(26,27)16-8-9-17(21)18(22)12-16/h3-9,12,14,19,24H,10-11,13H2,1-2H3,(H,23,25)/t14-,19+/m0/s1. The van der Waals surface area contributed by atoms with Gasteiger partial charge in [0.1, 0.15) is 6.04 Å². The van der Waals surface area contributed by atoms with Gasteiger partial charge in [-0.2, -0.15) is 16.5 Å². The first-order chi connectivity index (χ1) is 13.7. The monoisotopic (exact) mass is 474 g/mol. The molecule has 0 aliphatic carbocycles. The van der Waals surface area contributed by atoms with Crippen molar-refractivity contribution in [1.82, 2.24) is 10.0 Å². The van der Waals surface area contributed by atoms with Crippen molar-refractivity contribution in [3.63, 3.8) is 0 Å². The lowest BCUT2D eigenvalue weighted by atomic mass is 10.0. The summed E-state index contributed by atoms with van der Waals surface area (Å²) >= 11 is 13.3. The highest BCUT2D eigenvalue weighted by molar-refractivity contribution is 7.98. The molecule has 0 bridgehead atoms. The van der Waals surface area contributed by atoms with Crippen LogP contribution in [0.3, 0.4) is 0 Å². The van der Waals surface area contributed by atoms with Crippen molar-refractivity contribution < 1.29 is 13.2 Å². The highest BCUT2D eigenvalue weighted by Gasteiger charge is 2.26. The molecule has 2 aromatic rings. The second kappa shape index (κ2) is 11.2. The predicted molar refractivity (Wildman–Crippen MR) is 121 cm³/mol. The largest absolute Gasteiger partial charge is 0.354 e. The Hall–Kier alpha value is -1.25. The van der Waals surface area contributed by atoms with Crippen LogP contribution in [0.2, 0.25) is 10.0 Å². The number of rotatable bonds is 10. The molecule has 0 aliphatic heterocycles. The zero-order chi connectivity index (χ0) is 21.4. The molecule has 1 amide bonds. The van der Waals surface area contributed by atoms with Gasteiger partial charge in [-0.1, -0.05) is 60.5 Å². The number of thioether (sulfide) groups is 1. The number of halogens is 2. The van der Waals surface area contributed by atoms with E-state index in [0.717, 1.165) is 5.56 Å². The molecule has 9 heteroatoms. The Morgan fingerprint density at radius 2 is 1.79 bits per heavy atom. The molecule has 0 unspecified atom stereocenters. The van der Waals surface area contributed by atoms with Crippen LogP contribution in [-0.2, 0) is 14.8 Å². The molecule has 0 fully saturated rings. The Morgan fingerprint density at radius 3 is 2.41 bits per heavy atom. The fraction of sp³-hybridized carbons (Fsp3) is 0.350. The first-order valence-electron chi connectivity index (χ1n) is 9.03. The fourth-order valence-electron chi connectivity index (χ4n) is 2.65. The van der Waals surface area contributed by atoms with E-state index in [2.05, 4.69) is 10.0 Å². The molecule has 158 valence electrons. The number of hydrogen-bond donors (Lipinski definition) is 2. The molecule has 0 heterocycles. The van der Waals surface area contributed by atoms with Gasteiger partial charge in [0.25, 0.3) is 0 Å². The van der Waals surface area contributed by atoms with E-state index in [1.165, 1.54) is 18.2 Å². The average molecular weight is 475 g/mol. The Balaban J connectivity index is 2.08. The number of carbonyl (C=O) groups excluding carboxylic acids is 1.